The highest BCUT2D eigenvalue weighted by molar-refractivity contribution is 4.92. The molecule has 3 heteroatoms. The minimum Gasteiger partial charge on any atom is -0.380 e. The van der Waals surface area contributed by atoms with Gasteiger partial charge in [0.25, 0.3) is 0 Å². The van der Waals surface area contributed by atoms with Crippen LogP contribution in [-0.2, 0) is 4.74 Å². The number of methoxy groups -OCH3 is 1. The summed E-state index contributed by atoms with van der Waals surface area (Å²) in [5, 5.41) is 0. The number of hydrogen-bond acceptors (Lipinski definition) is 3. The molecule has 2 unspecified atom stereocenters. The molecule has 0 aromatic heterocycles. The monoisotopic (exact) mass is 240 g/mol. The molecule has 2 N–H and O–H groups in total. The molecule has 1 aliphatic carbocycles. The minimum absolute atomic E-state index is 0.0805. The van der Waals surface area contributed by atoms with Crippen molar-refractivity contribution in [2.24, 2.45) is 11.7 Å². The Balaban J connectivity index is 1.86. The standard InChI is InChI=1S/C14H28N2O/c1-12-6-9-16(10-13(12)17-2)11-14(15)7-4-3-5-8-14/h12-13H,3-11,15H2,1-2H3. The van der Waals surface area contributed by atoms with Gasteiger partial charge in [0.15, 0.2) is 0 Å². The molecule has 1 aliphatic heterocycles. The summed E-state index contributed by atoms with van der Waals surface area (Å²) in [7, 11) is 1.84. The summed E-state index contributed by atoms with van der Waals surface area (Å²) in [6.07, 6.45) is 8.05. The Bertz CT molecular complexity index is 238. The summed E-state index contributed by atoms with van der Waals surface area (Å²) in [5.41, 5.74) is 6.61. The van der Waals surface area contributed by atoms with Crippen LogP contribution in [0.1, 0.15) is 45.4 Å². The van der Waals surface area contributed by atoms with E-state index in [2.05, 4.69) is 11.8 Å². The van der Waals surface area contributed by atoms with E-state index in [-0.39, 0.29) is 5.54 Å². The Morgan fingerprint density at radius 3 is 2.65 bits per heavy atom. The van der Waals surface area contributed by atoms with Crippen molar-refractivity contribution in [3.8, 4) is 0 Å². The van der Waals surface area contributed by atoms with Crippen molar-refractivity contribution in [2.75, 3.05) is 26.7 Å². The van der Waals surface area contributed by atoms with Gasteiger partial charge in [0, 0.05) is 25.7 Å². The molecule has 1 saturated carbocycles. The zero-order valence-corrected chi connectivity index (χ0v) is 11.5. The van der Waals surface area contributed by atoms with E-state index in [9.17, 15) is 0 Å². The molecule has 0 amide bonds. The van der Waals surface area contributed by atoms with Crippen LogP contribution in [0.15, 0.2) is 0 Å². The Labute approximate surface area is 106 Å². The van der Waals surface area contributed by atoms with E-state index in [4.69, 9.17) is 10.5 Å². The SMILES string of the molecule is COC1CN(CC2(N)CCCCC2)CCC1C. The second-order valence-electron chi connectivity index (χ2n) is 6.20. The number of nitrogens with two attached hydrogens (primary N) is 1. The molecule has 0 aromatic rings. The lowest BCUT2D eigenvalue weighted by Gasteiger charge is -2.42. The largest absolute Gasteiger partial charge is 0.380 e. The van der Waals surface area contributed by atoms with Gasteiger partial charge in [0.2, 0.25) is 0 Å². The first-order chi connectivity index (χ1) is 8.13. The third kappa shape index (κ3) is 3.43. The fourth-order valence-corrected chi connectivity index (χ4v) is 3.41. The molecule has 2 atom stereocenters. The quantitative estimate of drug-likeness (QED) is 0.820. The van der Waals surface area contributed by atoms with Crippen LogP contribution in [-0.4, -0.2) is 43.3 Å². The van der Waals surface area contributed by atoms with Gasteiger partial charge in [0.1, 0.15) is 0 Å². The summed E-state index contributed by atoms with van der Waals surface area (Å²) in [6, 6.07) is 0. The van der Waals surface area contributed by atoms with Crippen molar-refractivity contribution in [3.63, 3.8) is 0 Å². The normalized spacial score (nSPS) is 34.8. The Kier molecular flexibility index (Phi) is 4.45. The highest BCUT2D eigenvalue weighted by Gasteiger charge is 2.33. The van der Waals surface area contributed by atoms with Crippen molar-refractivity contribution in [1.29, 1.82) is 0 Å². The zero-order chi connectivity index (χ0) is 12.3. The molecule has 2 fully saturated rings. The highest BCUT2D eigenvalue weighted by Crippen LogP contribution is 2.28. The van der Waals surface area contributed by atoms with E-state index in [1.54, 1.807) is 0 Å². The third-order valence-electron chi connectivity index (χ3n) is 4.66. The smallest absolute Gasteiger partial charge is 0.0724 e. The number of ether oxygens (including phenoxy) is 1. The number of rotatable bonds is 3. The summed E-state index contributed by atoms with van der Waals surface area (Å²) in [4.78, 5) is 2.53. The maximum Gasteiger partial charge on any atom is 0.0724 e. The summed E-state index contributed by atoms with van der Waals surface area (Å²) in [5.74, 6) is 0.691. The maximum absolute atomic E-state index is 6.53. The number of piperidine rings is 1. The fourth-order valence-electron chi connectivity index (χ4n) is 3.41. The Morgan fingerprint density at radius 2 is 2.00 bits per heavy atom. The molecule has 0 spiro atoms. The Morgan fingerprint density at radius 1 is 1.29 bits per heavy atom. The number of hydrogen-bond donors (Lipinski definition) is 1. The molecule has 100 valence electrons. The minimum atomic E-state index is 0.0805. The van der Waals surface area contributed by atoms with Crippen molar-refractivity contribution in [1.82, 2.24) is 4.90 Å². The van der Waals surface area contributed by atoms with E-state index in [0.717, 1.165) is 13.1 Å². The van der Waals surface area contributed by atoms with Crippen molar-refractivity contribution in [3.05, 3.63) is 0 Å². The lowest BCUT2D eigenvalue weighted by atomic mass is 9.81. The molecule has 0 radical (unpaired) electrons. The molecule has 3 nitrogen and oxygen atoms in total. The van der Waals surface area contributed by atoms with E-state index in [1.165, 1.54) is 45.1 Å². The predicted octanol–water partition coefficient (Wildman–Crippen LogP) is 2.00. The maximum atomic E-state index is 6.53. The number of nitrogens with zero attached hydrogens (tertiary/aromatic N) is 1. The fraction of sp³-hybridized carbons (Fsp3) is 1.00. The van der Waals surface area contributed by atoms with Crippen molar-refractivity contribution >= 4 is 0 Å². The second-order valence-corrected chi connectivity index (χ2v) is 6.20. The van der Waals surface area contributed by atoms with E-state index >= 15 is 0 Å². The van der Waals surface area contributed by atoms with Gasteiger partial charge in [-0.3, -0.25) is 4.90 Å². The van der Waals surface area contributed by atoms with Gasteiger partial charge in [0.05, 0.1) is 6.10 Å². The Hall–Kier alpha value is -0.120. The lowest BCUT2D eigenvalue weighted by molar-refractivity contribution is -0.0131. The number of likely N-dealkylation sites (tertiary alicyclic amines) is 1. The molecule has 1 heterocycles. The van der Waals surface area contributed by atoms with E-state index < -0.39 is 0 Å². The second kappa shape index (κ2) is 5.68. The van der Waals surface area contributed by atoms with Crippen molar-refractivity contribution < 1.29 is 4.74 Å². The first-order valence-electron chi connectivity index (χ1n) is 7.17. The van der Waals surface area contributed by atoms with Crippen LogP contribution in [0.3, 0.4) is 0 Å². The molecule has 17 heavy (non-hydrogen) atoms. The van der Waals surface area contributed by atoms with Gasteiger partial charge in [-0.15, -0.1) is 0 Å². The zero-order valence-electron chi connectivity index (χ0n) is 11.5. The van der Waals surface area contributed by atoms with Gasteiger partial charge in [-0.05, 0) is 31.7 Å². The topological polar surface area (TPSA) is 38.5 Å². The molecule has 2 aliphatic rings. The predicted molar refractivity (Wildman–Crippen MR) is 71.0 cm³/mol. The molecule has 2 rings (SSSR count). The molecule has 0 bridgehead atoms. The third-order valence-corrected chi connectivity index (χ3v) is 4.66. The molecular formula is C14H28N2O. The van der Waals surface area contributed by atoms with Crippen LogP contribution < -0.4 is 5.73 Å². The average molecular weight is 240 g/mol. The van der Waals surface area contributed by atoms with Gasteiger partial charge in [-0.25, -0.2) is 0 Å². The van der Waals surface area contributed by atoms with Gasteiger partial charge in [-0.1, -0.05) is 26.2 Å². The van der Waals surface area contributed by atoms with Crippen LogP contribution >= 0.6 is 0 Å². The van der Waals surface area contributed by atoms with E-state index in [1.807, 2.05) is 7.11 Å². The van der Waals surface area contributed by atoms with Gasteiger partial charge in [-0.2, -0.15) is 0 Å². The van der Waals surface area contributed by atoms with Gasteiger partial charge < -0.3 is 10.5 Å². The molecular weight excluding hydrogens is 212 g/mol. The lowest BCUT2D eigenvalue weighted by Crippen LogP contribution is -2.55. The van der Waals surface area contributed by atoms with Gasteiger partial charge >= 0.3 is 0 Å². The molecule has 0 aromatic carbocycles. The average Bonchev–Trinajstić information content (AvgIpc) is 2.32. The first kappa shape index (κ1) is 13.3. The highest BCUT2D eigenvalue weighted by atomic mass is 16.5. The van der Waals surface area contributed by atoms with Crippen LogP contribution in [0, 0.1) is 5.92 Å². The van der Waals surface area contributed by atoms with Crippen LogP contribution in [0.5, 0.6) is 0 Å². The van der Waals surface area contributed by atoms with Crippen LogP contribution in [0.4, 0.5) is 0 Å². The molecule has 1 saturated heterocycles. The summed E-state index contributed by atoms with van der Waals surface area (Å²) in [6.45, 7) is 5.63. The summed E-state index contributed by atoms with van der Waals surface area (Å²) < 4.78 is 5.57. The summed E-state index contributed by atoms with van der Waals surface area (Å²) >= 11 is 0. The van der Waals surface area contributed by atoms with Crippen molar-refractivity contribution in [2.45, 2.75) is 57.1 Å². The van der Waals surface area contributed by atoms with Crippen LogP contribution in [0.2, 0.25) is 0 Å². The first-order valence-corrected chi connectivity index (χ1v) is 7.17. The van der Waals surface area contributed by atoms with E-state index in [0.29, 0.717) is 12.0 Å². The van der Waals surface area contributed by atoms with Crippen LogP contribution in [0.25, 0.3) is 0 Å².